The zero-order chi connectivity index (χ0) is 22.5. The molecule has 2 amide bonds. The monoisotopic (exact) mass is 415 g/mol. The van der Waals surface area contributed by atoms with Gasteiger partial charge in [-0.3, -0.25) is 9.59 Å². The Balaban J connectivity index is 1.82. The van der Waals surface area contributed by atoms with Crippen LogP contribution in [0.25, 0.3) is 0 Å². The van der Waals surface area contributed by atoms with Gasteiger partial charge in [0.2, 0.25) is 11.8 Å². The van der Waals surface area contributed by atoms with Crippen LogP contribution < -0.4 is 10.2 Å². The summed E-state index contributed by atoms with van der Waals surface area (Å²) in [5.74, 6) is 0.739. The molecule has 1 aromatic rings. The van der Waals surface area contributed by atoms with Gasteiger partial charge in [0, 0.05) is 50.4 Å². The van der Waals surface area contributed by atoms with Crippen LogP contribution >= 0.6 is 0 Å². The number of benzene rings is 1. The second-order valence-corrected chi connectivity index (χ2v) is 11.3. The predicted octanol–water partition coefficient (Wildman–Crippen LogP) is 5.17. The minimum atomic E-state index is -0.0222. The Morgan fingerprint density at radius 2 is 1.50 bits per heavy atom. The topological polar surface area (TPSA) is 52.7 Å². The number of carbonyl (C=O) groups is 2. The third-order valence-electron chi connectivity index (χ3n) is 5.32. The fraction of sp³-hybridized carbons (Fsp3) is 0.680. The molecule has 1 heterocycles. The summed E-state index contributed by atoms with van der Waals surface area (Å²) in [7, 11) is 0. The van der Waals surface area contributed by atoms with Gasteiger partial charge < -0.3 is 15.1 Å². The summed E-state index contributed by atoms with van der Waals surface area (Å²) in [6.07, 6.45) is 2.21. The maximum atomic E-state index is 12.7. The van der Waals surface area contributed by atoms with Crippen molar-refractivity contribution in [2.45, 2.75) is 67.7 Å². The largest absolute Gasteiger partial charge is 0.368 e. The standard InChI is InChI=1S/C25H41N3O2/c1-19(17-24(2,3)4)16-23(30)28-14-12-27(13-15-28)21-10-8-20(9-11-21)26-22(29)18-25(5,6)7/h8-11,19H,12-18H2,1-7H3,(H,26,29)/t19-/m0/s1. The molecule has 0 aliphatic carbocycles. The first-order valence-electron chi connectivity index (χ1n) is 11.2. The van der Waals surface area contributed by atoms with Gasteiger partial charge in [0.05, 0.1) is 0 Å². The predicted molar refractivity (Wildman–Crippen MR) is 126 cm³/mol. The fourth-order valence-electron chi connectivity index (χ4n) is 4.20. The van der Waals surface area contributed by atoms with Gasteiger partial charge in [-0.15, -0.1) is 0 Å². The number of anilines is 2. The highest BCUT2D eigenvalue weighted by Gasteiger charge is 2.24. The minimum absolute atomic E-state index is 0.0222. The van der Waals surface area contributed by atoms with Crippen LogP contribution in [0.1, 0.15) is 67.7 Å². The van der Waals surface area contributed by atoms with Crippen molar-refractivity contribution < 1.29 is 9.59 Å². The molecule has 0 aromatic heterocycles. The first-order chi connectivity index (χ1) is 13.8. The molecule has 5 nitrogen and oxygen atoms in total. The number of nitrogens with one attached hydrogen (secondary N) is 1. The first kappa shape index (κ1) is 24.2. The quantitative estimate of drug-likeness (QED) is 0.697. The fourth-order valence-corrected chi connectivity index (χ4v) is 4.20. The molecule has 1 aromatic carbocycles. The van der Waals surface area contributed by atoms with E-state index in [9.17, 15) is 9.59 Å². The second kappa shape index (κ2) is 9.84. The van der Waals surface area contributed by atoms with Crippen LogP contribution in [0.5, 0.6) is 0 Å². The molecule has 1 N–H and O–H groups in total. The summed E-state index contributed by atoms with van der Waals surface area (Å²) in [6.45, 7) is 18.3. The van der Waals surface area contributed by atoms with Gasteiger partial charge in [-0.05, 0) is 47.4 Å². The average molecular weight is 416 g/mol. The van der Waals surface area contributed by atoms with Crippen LogP contribution in [0.3, 0.4) is 0 Å². The van der Waals surface area contributed by atoms with E-state index >= 15 is 0 Å². The normalized spacial score (nSPS) is 16.4. The summed E-state index contributed by atoms with van der Waals surface area (Å²) in [6, 6.07) is 8.02. The van der Waals surface area contributed by atoms with Crippen molar-refractivity contribution in [3.63, 3.8) is 0 Å². The number of nitrogens with zero attached hydrogens (tertiary/aromatic N) is 2. The lowest BCUT2D eigenvalue weighted by Crippen LogP contribution is -2.49. The molecule has 1 saturated heterocycles. The Morgan fingerprint density at radius 3 is 2.00 bits per heavy atom. The van der Waals surface area contributed by atoms with E-state index in [0.717, 1.165) is 44.0 Å². The molecule has 1 aliphatic rings. The van der Waals surface area contributed by atoms with Crippen LogP contribution in [0.2, 0.25) is 0 Å². The molecule has 2 rings (SSSR count). The number of amides is 2. The van der Waals surface area contributed by atoms with E-state index in [2.05, 4.69) is 70.8 Å². The third-order valence-corrected chi connectivity index (χ3v) is 5.32. The average Bonchev–Trinajstić information content (AvgIpc) is 2.59. The van der Waals surface area contributed by atoms with Gasteiger partial charge >= 0.3 is 0 Å². The number of hydrogen-bond donors (Lipinski definition) is 1. The number of hydrogen-bond acceptors (Lipinski definition) is 3. The number of rotatable bonds is 6. The lowest BCUT2D eigenvalue weighted by atomic mass is 9.84. The van der Waals surface area contributed by atoms with Gasteiger partial charge in [0.1, 0.15) is 0 Å². The number of carbonyl (C=O) groups excluding carboxylic acids is 2. The summed E-state index contributed by atoms with van der Waals surface area (Å²) in [4.78, 5) is 29.1. The van der Waals surface area contributed by atoms with Crippen molar-refractivity contribution in [2.24, 2.45) is 16.7 Å². The SMILES string of the molecule is C[C@@H](CC(=O)N1CCN(c2ccc(NC(=O)CC(C)(C)C)cc2)CC1)CC(C)(C)C. The Morgan fingerprint density at radius 1 is 0.933 bits per heavy atom. The molecule has 168 valence electrons. The highest BCUT2D eigenvalue weighted by molar-refractivity contribution is 5.91. The summed E-state index contributed by atoms with van der Waals surface area (Å²) in [5.41, 5.74) is 2.20. The van der Waals surface area contributed by atoms with Gasteiger partial charge in [-0.25, -0.2) is 0 Å². The van der Waals surface area contributed by atoms with Crippen LogP contribution in [-0.4, -0.2) is 42.9 Å². The van der Waals surface area contributed by atoms with Crippen molar-refractivity contribution >= 4 is 23.2 Å². The van der Waals surface area contributed by atoms with E-state index in [-0.39, 0.29) is 22.6 Å². The Bertz CT molecular complexity index is 705. The van der Waals surface area contributed by atoms with Gasteiger partial charge in [-0.2, -0.15) is 0 Å². The third kappa shape index (κ3) is 8.37. The number of piperazine rings is 1. The van der Waals surface area contributed by atoms with Crippen LogP contribution in [0.4, 0.5) is 11.4 Å². The van der Waals surface area contributed by atoms with E-state index in [4.69, 9.17) is 0 Å². The van der Waals surface area contributed by atoms with E-state index < -0.39 is 0 Å². The van der Waals surface area contributed by atoms with Gasteiger partial charge in [0.15, 0.2) is 0 Å². The molecule has 0 unspecified atom stereocenters. The maximum absolute atomic E-state index is 12.7. The smallest absolute Gasteiger partial charge is 0.224 e. The molecule has 5 heteroatoms. The highest BCUT2D eigenvalue weighted by Crippen LogP contribution is 2.27. The second-order valence-electron chi connectivity index (χ2n) is 11.3. The Kier molecular flexibility index (Phi) is 7.95. The molecule has 1 fully saturated rings. The van der Waals surface area contributed by atoms with Crippen molar-refractivity contribution in [1.29, 1.82) is 0 Å². The van der Waals surface area contributed by atoms with E-state index in [1.807, 2.05) is 17.0 Å². The van der Waals surface area contributed by atoms with Crippen molar-refractivity contribution in [1.82, 2.24) is 4.90 Å². The summed E-state index contributed by atoms with van der Waals surface area (Å²) < 4.78 is 0. The lowest BCUT2D eigenvalue weighted by molar-refractivity contribution is -0.132. The Hall–Kier alpha value is -2.04. The lowest BCUT2D eigenvalue weighted by Gasteiger charge is -2.37. The molecule has 0 saturated carbocycles. The first-order valence-corrected chi connectivity index (χ1v) is 11.2. The molecule has 30 heavy (non-hydrogen) atoms. The van der Waals surface area contributed by atoms with Crippen LogP contribution in [-0.2, 0) is 9.59 Å². The van der Waals surface area contributed by atoms with Crippen LogP contribution in [0.15, 0.2) is 24.3 Å². The van der Waals surface area contributed by atoms with Crippen molar-refractivity contribution in [2.75, 3.05) is 36.4 Å². The molecule has 0 bridgehead atoms. The van der Waals surface area contributed by atoms with Crippen LogP contribution in [0, 0.1) is 16.7 Å². The van der Waals surface area contributed by atoms with Crippen molar-refractivity contribution in [3.8, 4) is 0 Å². The molecule has 1 aliphatic heterocycles. The van der Waals surface area contributed by atoms with E-state index in [1.165, 1.54) is 0 Å². The molecule has 0 spiro atoms. The molecular formula is C25H41N3O2. The maximum Gasteiger partial charge on any atom is 0.224 e. The summed E-state index contributed by atoms with van der Waals surface area (Å²) >= 11 is 0. The van der Waals surface area contributed by atoms with E-state index in [1.54, 1.807) is 0 Å². The zero-order valence-electron chi connectivity index (χ0n) is 20.0. The minimum Gasteiger partial charge on any atom is -0.368 e. The van der Waals surface area contributed by atoms with Gasteiger partial charge in [0.25, 0.3) is 0 Å². The highest BCUT2D eigenvalue weighted by atomic mass is 16.2. The molecule has 0 radical (unpaired) electrons. The Labute approximate surface area is 183 Å². The molecule has 1 atom stereocenters. The zero-order valence-corrected chi connectivity index (χ0v) is 20.0. The summed E-state index contributed by atoms with van der Waals surface area (Å²) in [5, 5.41) is 2.97. The molecular weight excluding hydrogens is 374 g/mol. The van der Waals surface area contributed by atoms with E-state index in [0.29, 0.717) is 18.8 Å². The van der Waals surface area contributed by atoms with Crippen molar-refractivity contribution in [3.05, 3.63) is 24.3 Å². The van der Waals surface area contributed by atoms with Gasteiger partial charge in [-0.1, -0.05) is 48.5 Å².